The highest BCUT2D eigenvalue weighted by Gasteiger charge is 2.30. The molecule has 70 valence electrons. The van der Waals surface area contributed by atoms with Crippen molar-refractivity contribution in [2.45, 2.75) is 32.4 Å². The molecule has 0 aromatic heterocycles. The van der Waals surface area contributed by atoms with Gasteiger partial charge < -0.3 is 4.90 Å². The summed E-state index contributed by atoms with van der Waals surface area (Å²) in [6, 6.07) is 0.941. The van der Waals surface area contributed by atoms with Crippen molar-refractivity contribution in [1.82, 2.24) is 9.80 Å². The highest BCUT2D eigenvalue weighted by molar-refractivity contribution is 5.78. The lowest BCUT2D eigenvalue weighted by atomic mass is 10.2. The predicted octanol–water partition coefficient (Wildman–Crippen LogP) is 0.557. The number of hydrogen-bond donors (Lipinski definition) is 0. The van der Waals surface area contributed by atoms with Gasteiger partial charge in [0, 0.05) is 32.1 Å². The Bertz CT molecular complexity index is 179. The zero-order valence-corrected chi connectivity index (χ0v) is 8.37. The normalized spacial score (nSPS) is 24.7. The van der Waals surface area contributed by atoms with Gasteiger partial charge in [-0.1, -0.05) is 0 Å². The van der Waals surface area contributed by atoms with Crippen LogP contribution in [-0.4, -0.2) is 48.4 Å². The number of rotatable bonds is 2. The van der Waals surface area contributed by atoms with Gasteiger partial charge in [0.15, 0.2) is 0 Å². The third-order valence-corrected chi connectivity index (χ3v) is 2.71. The molecule has 12 heavy (non-hydrogen) atoms. The van der Waals surface area contributed by atoms with Crippen LogP contribution in [0.2, 0.25) is 0 Å². The number of amides is 1. The lowest BCUT2D eigenvalue weighted by Crippen LogP contribution is -2.38. The van der Waals surface area contributed by atoms with E-state index in [2.05, 4.69) is 25.8 Å². The van der Waals surface area contributed by atoms with Crippen LogP contribution in [0.25, 0.3) is 0 Å². The van der Waals surface area contributed by atoms with Crippen LogP contribution >= 0.6 is 0 Å². The van der Waals surface area contributed by atoms with E-state index in [-0.39, 0.29) is 5.91 Å². The van der Waals surface area contributed by atoms with Gasteiger partial charge in [-0.15, -0.1) is 0 Å². The highest BCUT2D eigenvalue weighted by Crippen LogP contribution is 2.15. The third-order valence-electron chi connectivity index (χ3n) is 2.71. The van der Waals surface area contributed by atoms with Gasteiger partial charge in [-0.25, -0.2) is 0 Å². The molecule has 0 aromatic rings. The van der Waals surface area contributed by atoms with E-state index in [0.717, 1.165) is 6.54 Å². The quantitative estimate of drug-likeness (QED) is 0.604. The molecule has 1 unspecified atom stereocenters. The van der Waals surface area contributed by atoms with Crippen molar-refractivity contribution in [1.29, 1.82) is 0 Å². The minimum Gasteiger partial charge on any atom is -0.344 e. The van der Waals surface area contributed by atoms with Crippen molar-refractivity contribution >= 4 is 5.91 Å². The van der Waals surface area contributed by atoms with Gasteiger partial charge >= 0.3 is 0 Å². The summed E-state index contributed by atoms with van der Waals surface area (Å²) in [4.78, 5) is 15.3. The second-order valence-corrected chi connectivity index (χ2v) is 3.89. The van der Waals surface area contributed by atoms with Crippen LogP contribution in [0.3, 0.4) is 0 Å². The standard InChI is InChI=1S/C9H18N2O/c1-7(2)11(4)8-5-9(12)10(3)6-8/h7-8H,5-6H2,1-4H3. The first kappa shape index (κ1) is 9.52. The van der Waals surface area contributed by atoms with Gasteiger partial charge in [0.25, 0.3) is 0 Å². The predicted molar refractivity (Wildman–Crippen MR) is 48.9 cm³/mol. The van der Waals surface area contributed by atoms with Crippen molar-refractivity contribution < 1.29 is 4.79 Å². The van der Waals surface area contributed by atoms with Crippen LogP contribution < -0.4 is 0 Å². The first-order valence-corrected chi connectivity index (χ1v) is 4.48. The van der Waals surface area contributed by atoms with Crippen molar-refractivity contribution in [3.63, 3.8) is 0 Å². The maximum absolute atomic E-state index is 11.2. The van der Waals surface area contributed by atoms with Crippen LogP contribution in [0.1, 0.15) is 20.3 Å². The molecule has 1 atom stereocenters. The summed E-state index contributed by atoms with van der Waals surface area (Å²) in [5, 5.41) is 0. The topological polar surface area (TPSA) is 23.6 Å². The average Bonchev–Trinajstić information content (AvgIpc) is 2.30. The molecule has 0 saturated carbocycles. The summed E-state index contributed by atoms with van der Waals surface area (Å²) in [6.45, 7) is 5.19. The Balaban J connectivity index is 2.51. The molecule has 1 amide bonds. The second kappa shape index (κ2) is 3.44. The van der Waals surface area contributed by atoms with Gasteiger partial charge in [-0.3, -0.25) is 9.69 Å². The molecule has 0 spiro atoms. The average molecular weight is 170 g/mol. The Morgan fingerprint density at radius 1 is 1.58 bits per heavy atom. The van der Waals surface area contributed by atoms with E-state index in [9.17, 15) is 4.79 Å². The molecule has 3 heteroatoms. The Morgan fingerprint density at radius 2 is 2.17 bits per heavy atom. The lowest BCUT2D eigenvalue weighted by molar-refractivity contribution is -0.126. The molecular weight excluding hydrogens is 152 g/mol. The molecule has 0 aliphatic carbocycles. The zero-order chi connectivity index (χ0) is 9.30. The monoisotopic (exact) mass is 170 g/mol. The number of nitrogens with zero attached hydrogens (tertiary/aromatic N) is 2. The van der Waals surface area contributed by atoms with Gasteiger partial charge in [0.1, 0.15) is 0 Å². The Hall–Kier alpha value is -0.570. The van der Waals surface area contributed by atoms with Crippen LogP contribution in [0, 0.1) is 0 Å². The fraction of sp³-hybridized carbons (Fsp3) is 0.889. The van der Waals surface area contributed by atoms with Crippen LogP contribution in [0.5, 0.6) is 0 Å². The van der Waals surface area contributed by atoms with E-state index in [1.165, 1.54) is 0 Å². The summed E-state index contributed by atoms with van der Waals surface area (Å²) in [5.74, 6) is 0.271. The van der Waals surface area contributed by atoms with Crippen LogP contribution in [0.4, 0.5) is 0 Å². The molecule has 1 saturated heterocycles. The zero-order valence-electron chi connectivity index (χ0n) is 8.37. The molecular formula is C9H18N2O. The van der Waals surface area contributed by atoms with E-state index in [0.29, 0.717) is 18.5 Å². The molecule has 1 aliphatic heterocycles. The van der Waals surface area contributed by atoms with E-state index < -0.39 is 0 Å². The molecule has 1 aliphatic rings. The maximum atomic E-state index is 11.2. The summed E-state index contributed by atoms with van der Waals surface area (Å²) in [7, 11) is 3.96. The van der Waals surface area contributed by atoms with E-state index in [1.54, 1.807) is 0 Å². The Kier molecular flexibility index (Phi) is 2.73. The van der Waals surface area contributed by atoms with E-state index in [1.807, 2.05) is 11.9 Å². The smallest absolute Gasteiger partial charge is 0.224 e. The molecule has 3 nitrogen and oxygen atoms in total. The highest BCUT2D eigenvalue weighted by atomic mass is 16.2. The molecule has 0 aromatic carbocycles. The molecule has 1 heterocycles. The summed E-state index contributed by atoms with van der Waals surface area (Å²) >= 11 is 0. The van der Waals surface area contributed by atoms with Gasteiger partial charge in [-0.2, -0.15) is 0 Å². The van der Waals surface area contributed by atoms with Crippen molar-refractivity contribution in [2.24, 2.45) is 0 Å². The number of hydrogen-bond acceptors (Lipinski definition) is 2. The maximum Gasteiger partial charge on any atom is 0.224 e. The number of likely N-dealkylation sites (N-methyl/N-ethyl adjacent to an activating group) is 2. The summed E-state index contributed by atoms with van der Waals surface area (Å²) in [6.07, 6.45) is 0.686. The van der Waals surface area contributed by atoms with Crippen molar-refractivity contribution in [3.8, 4) is 0 Å². The summed E-state index contributed by atoms with van der Waals surface area (Å²) in [5.41, 5.74) is 0. The molecule has 1 rings (SSSR count). The first-order chi connectivity index (χ1) is 5.52. The first-order valence-electron chi connectivity index (χ1n) is 4.48. The Labute approximate surface area is 74.3 Å². The van der Waals surface area contributed by atoms with Crippen molar-refractivity contribution in [2.75, 3.05) is 20.6 Å². The van der Waals surface area contributed by atoms with Gasteiger partial charge in [-0.05, 0) is 20.9 Å². The number of likely N-dealkylation sites (tertiary alicyclic amines) is 1. The van der Waals surface area contributed by atoms with E-state index in [4.69, 9.17) is 0 Å². The lowest BCUT2D eigenvalue weighted by Gasteiger charge is -2.27. The molecule has 0 radical (unpaired) electrons. The molecule has 0 N–H and O–H groups in total. The summed E-state index contributed by atoms with van der Waals surface area (Å²) < 4.78 is 0. The van der Waals surface area contributed by atoms with Crippen molar-refractivity contribution in [3.05, 3.63) is 0 Å². The molecule has 1 fully saturated rings. The minimum absolute atomic E-state index is 0.271. The van der Waals surface area contributed by atoms with Crippen LogP contribution in [-0.2, 0) is 4.79 Å². The Morgan fingerprint density at radius 3 is 2.50 bits per heavy atom. The van der Waals surface area contributed by atoms with Crippen LogP contribution in [0.15, 0.2) is 0 Å². The fourth-order valence-corrected chi connectivity index (χ4v) is 1.53. The SMILES string of the molecule is CC(C)N(C)C1CC(=O)N(C)C1. The number of carbonyl (C=O) groups excluding carboxylic acids is 1. The van der Waals surface area contributed by atoms with E-state index >= 15 is 0 Å². The van der Waals surface area contributed by atoms with Gasteiger partial charge in [0.05, 0.1) is 0 Å². The minimum atomic E-state index is 0.271. The fourth-order valence-electron chi connectivity index (χ4n) is 1.53. The largest absolute Gasteiger partial charge is 0.344 e. The third kappa shape index (κ3) is 1.78. The van der Waals surface area contributed by atoms with Gasteiger partial charge in [0.2, 0.25) is 5.91 Å². The number of carbonyl (C=O) groups is 1. The second-order valence-electron chi connectivity index (χ2n) is 3.89. The molecule has 0 bridgehead atoms.